The molecule has 0 unspecified atom stereocenters. The molecule has 2 N–H and O–H groups in total. The first-order valence-electron chi connectivity index (χ1n) is 23.2. The number of piperazine rings is 1. The standard InChI is InChI=1S/C48H51Cl2N13O5/c1-29(43-36(49)22-51-23-37(43)50)68-33-5-7-38-35(20-33)44(55-54-38)31-3-8-40(52-21-31)61-25-48(26-61)27-62(28-48)46(66)30-9-12-60(13-10-30)42(65)24-58-15-17-59(18-16-58)32-4-6-34-39(19-32)57(2)56-45(34)63-14-11-41(64)53-47(63)67/h3-8,19-23,29-30H,9-18,24-28H2,1-2H3,(H,54,55)(H,53,64,67)/t29-/m1/s1. The van der Waals surface area contributed by atoms with Crippen molar-refractivity contribution in [3.05, 3.63) is 82.7 Å². The van der Waals surface area contributed by atoms with Gasteiger partial charge in [0.25, 0.3) is 0 Å². The van der Waals surface area contributed by atoms with Crippen molar-refractivity contribution in [3.8, 4) is 17.0 Å². The Labute approximate surface area is 402 Å². The third-order valence-electron chi connectivity index (χ3n) is 14.3. The number of benzene rings is 2. The molecule has 1 spiro atoms. The molecule has 0 aliphatic carbocycles. The van der Waals surface area contributed by atoms with Gasteiger partial charge in [0.1, 0.15) is 23.4 Å². The van der Waals surface area contributed by atoms with E-state index in [4.69, 9.17) is 32.9 Å². The second-order valence-corrected chi connectivity index (χ2v) is 19.6. The van der Waals surface area contributed by atoms with Crippen LogP contribution in [0.2, 0.25) is 10.0 Å². The van der Waals surface area contributed by atoms with Gasteiger partial charge in [-0.15, -0.1) is 0 Å². The molecule has 5 aliphatic rings. The number of amides is 5. The minimum absolute atomic E-state index is 0.0537. The monoisotopic (exact) mass is 959 g/mol. The Bertz CT molecular complexity index is 2930. The van der Waals surface area contributed by atoms with Crippen LogP contribution in [0.1, 0.15) is 37.9 Å². The Balaban J connectivity index is 0.617. The molecular formula is C48H51Cl2N13O5. The van der Waals surface area contributed by atoms with Crippen molar-refractivity contribution in [2.75, 3.05) is 93.2 Å². The molecule has 2 aromatic carbocycles. The van der Waals surface area contributed by atoms with Crippen LogP contribution >= 0.6 is 23.2 Å². The third-order valence-corrected chi connectivity index (χ3v) is 14.9. The summed E-state index contributed by atoms with van der Waals surface area (Å²) in [5.74, 6) is 2.10. The average Bonchev–Trinajstić information content (AvgIpc) is 3.88. The number of carbonyl (C=O) groups is 4. The molecule has 352 valence electrons. The third kappa shape index (κ3) is 8.21. The van der Waals surface area contributed by atoms with Crippen LogP contribution in [-0.4, -0.2) is 147 Å². The summed E-state index contributed by atoms with van der Waals surface area (Å²) in [6, 6.07) is 15.5. The van der Waals surface area contributed by atoms with Gasteiger partial charge in [-0.1, -0.05) is 23.2 Å². The molecule has 5 aliphatic heterocycles. The van der Waals surface area contributed by atoms with E-state index in [0.29, 0.717) is 66.2 Å². The fraction of sp³-hybridized carbons (Fsp3) is 0.417. The number of anilines is 3. The number of likely N-dealkylation sites (tertiary alicyclic amines) is 2. The summed E-state index contributed by atoms with van der Waals surface area (Å²) < 4.78 is 8.02. The first-order valence-corrected chi connectivity index (χ1v) is 23.9. The molecule has 4 aromatic heterocycles. The van der Waals surface area contributed by atoms with Crippen LogP contribution in [0.5, 0.6) is 5.75 Å². The summed E-state index contributed by atoms with van der Waals surface area (Å²) in [5, 5.41) is 17.4. The van der Waals surface area contributed by atoms with Gasteiger partial charge in [-0.25, -0.2) is 9.78 Å². The van der Waals surface area contributed by atoms with Crippen LogP contribution in [-0.2, 0) is 21.4 Å². The van der Waals surface area contributed by atoms with Gasteiger partial charge in [-0.2, -0.15) is 10.2 Å². The van der Waals surface area contributed by atoms with Crippen LogP contribution in [0.15, 0.2) is 67.1 Å². The van der Waals surface area contributed by atoms with Gasteiger partial charge in [0.05, 0.1) is 27.6 Å². The number of nitrogens with one attached hydrogen (secondary N) is 2. The highest BCUT2D eigenvalue weighted by Crippen LogP contribution is 2.43. The van der Waals surface area contributed by atoms with Crippen LogP contribution in [0.4, 0.5) is 22.1 Å². The highest BCUT2D eigenvalue weighted by molar-refractivity contribution is 6.35. The maximum atomic E-state index is 13.6. The fourth-order valence-corrected chi connectivity index (χ4v) is 11.3. The maximum Gasteiger partial charge on any atom is 0.329 e. The molecule has 1 atom stereocenters. The zero-order valence-electron chi connectivity index (χ0n) is 37.8. The van der Waals surface area contributed by atoms with Crippen LogP contribution in [0.3, 0.4) is 0 Å². The van der Waals surface area contributed by atoms with Crippen molar-refractivity contribution in [1.29, 1.82) is 0 Å². The van der Waals surface area contributed by atoms with Gasteiger partial charge in [0.15, 0.2) is 5.82 Å². The molecule has 0 radical (unpaired) electrons. The quantitative estimate of drug-likeness (QED) is 0.176. The van der Waals surface area contributed by atoms with E-state index >= 15 is 0 Å². The number of H-pyrrole nitrogens is 1. The number of imide groups is 1. The molecule has 68 heavy (non-hydrogen) atoms. The number of aryl methyl sites for hydroxylation is 1. The summed E-state index contributed by atoms with van der Waals surface area (Å²) in [4.78, 5) is 72.4. The van der Waals surface area contributed by atoms with E-state index in [9.17, 15) is 19.2 Å². The molecule has 5 saturated heterocycles. The molecule has 5 fully saturated rings. The minimum Gasteiger partial charge on any atom is -0.486 e. The molecule has 20 heteroatoms. The number of fused-ring (bicyclic) bond motifs is 2. The number of ether oxygens (including phenoxy) is 1. The topological polar surface area (TPSA) is 181 Å². The number of hydrogen-bond acceptors (Lipinski definition) is 12. The highest BCUT2D eigenvalue weighted by atomic mass is 35.5. The van der Waals surface area contributed by atoms with Crippen molar-refractivity contribution < 1.29 is 23.9 Å². The van der Waals surface area contributed by atoms with Gasteiger partial charge >= 0.3 is 6.03 Å². The Hall–Kier alpha value is -6.50. The largest absolute Gasteiger partial charge is 0.486 e. The number of piperidine rings is 1. The number of halogens is 2. The zero-order chi connectivity index (χ0) is 46.8. The van der Waals surface area contributed by atoms with Crippen molar-refractivity contribution in [3.63, 3.8) is 0 Å². The second-order valence-electron chi connectivity index (χ2n) is 18.8. The first-order chi connectivity index (χ1) is 32.9. The number of nitrogens with zero attached hydrogens (tertiary/aromatic N) is 11. The van der Waals surface area contributed by atoms with Gasteiger partial charge in [-0.3, -0.25) is 44.3 Å². The van der Waals surface area contributed by atoms with Crippen molar-refractivity contribution in [2.24, 2.45) is 18.4 Å². The summed E-state index contributed by atoms with van der Waals surface area (Å²) in [6.07, 6.45) is 6.19. The average molecular weight is 961 g/mol. The van der Waals surface area contributed by atoms with Crippen LogP contribution < -0.4 is 24.8 Å². The van der Waals surface area contributed by atoms with Crippen LogP contribution in [0, 0.1) is 11.3 Å². The number of urea groups is 1. The molecule has 6 aromatic rings. The lowest BCUT2D eigenvalue weighted by Crippen LogP contribution is -2.73. The van der Waals surface area contributed by atoms with Crippen molar-refractivity contribution >= 4 is 86.1 Å². The lowest BCUT2D eigenvalue weighted by molar-refractivity contribution is -0.152. The Morgan fingerprint density at radius 1 is 0.853 bits per heavy atom. The van der Waals surface area contributed by atoms with E-state index < -0.39 is 12.1 Å². The minimum atomic E-state index is -0.453. The predicted octanol–water partition coefficient (Wildman–Crippen LogP) is 5.51. The van der Waals surface area contributed by atoms with E-state index in [0.717, 1.165) is 96.9 Å². The van der Waals surface area contributed by atoms with Gasteiger partial charge in [0.2, 0.25) is 17.7 Å². The summed E-state index contributed by atoms with van der Waals surface area (Å²) in [6.45, 7) is 10.0. The first kappa shape index (κ1) is 44.0. The molecule has 9 heterocycles. The molecule has 5 amide bonds. The summed E-state index contributed by atoms with van der Waals surface area (Å²) >= 11 is 12.8. The van der Waals surface area contributed by atoms with Crippen molar-refractivity contribution in [2.45, 2.75) is 32.3 Å². The summed E-state index contributed by atoms with van der Waals surface area (Å²) in [5.41, 5.74) is 5.27. The molecule has 0 saturated carbocycles. The number of aromatic nitrogens is 6. The normalized spacial score (nSPS) is 19.4. The zero-order valence-corrected chi connectivity index (χ0v) is 39.3. The number of rotatable bonds is 10. The Morgan fingerprint density at radius 2 is 1.62 bits per heavy atom. The second kappa shape index (κ2) is 17.5. The SMILES string of the molecule is C[C@@H](Oc1ccc2[nH]nc(-c3ccc(N4CC5(CN(C(=O)C6CCN(C(=O)CN7CCN(c8ccc9c(N%10CCC(=O)NC%10=O)nn(C)c9c8)CC7)CC6)C5)C4)nc3)c2c1)c1c(Cl)cncc1Cl. The van der Waals surface area contributed by atoms with E-state index in [1.807, 2.05) is 72.4 Å². The van der Waals surface area contributed by atoms with Crippen LogP contribution in [0.25, 0.3) is 33.1 Å². The number of carbonyl (C=O) groups excluding carboxylic acids is 4. The van der Waals surface area contributed by atoms with E-state index in [-0.39, 0.29) is 35.5 Å². The number of hydrogen-bond donors (Lipinski definition) is 2. The van der Waals surface area contributed by atoms with E-state index in [2.05, 4.69) is 46.4 Å². The molecular weight excluding hydrogens is 910 g/mol. The molecule has 18 nitrogen and oxygen atoms in total. The summed E-state index contributed by atoms with van der Waals surface area (Å²) in [7, 11) is 1.85. The Morgan fingerprint density at radius 3 is 2.34 bits per heavy atom. The molecule has 11 rings (SSSR count). The fourth-order valence-electron chi connectivity index (χ4n) is 10.6. The predicted molar refractivity (Wildman–Crippen MR) is 258 cm³/mol. The van der Waals surface area contributed by atoms with E-state index in [1.54, 1.807) is 17.1 Å². The maximum absolute atomic E-state index is 13.6. The molecule has 0 bridgehead atoms. The van der Waals surface area contributed by atoms with Gasteiger partial charge in [0, 0.05) is 143 Å². The number of pyridine rings is 2. The van der Waals surface area contributed by atoms with Gasteiger partial charge < -0.3 is 24.3 Å². The van der Waals surface area contributed by atoms with Gasteiger partial charge in [-0.05, 0) is 68.3 Å². The lowest BCUT2D eigenvalue weighted by Gasteiger charge is -2.61. The van der Waals surface area contributed by atoms with E-state index in [1.165, 1.54) is 4.90 Å². The Kier molecular flexibility index (Phi) is 11.4. The van der Waals surface area contributed by atoms with Crippen molar-refractivity contribution in [1.82, 2.24) is 50.0 Å². The highest BCUT2D eigenvalue weighted by Gasteiger charge is 2.54. The number of aromatic amines is 1. The lowest BCUT2D eigenvalue weighted by atomic mass is 9.72. The smallest absolute Gasteiger partial charge is 0.329 e.